The van der Waals surface area contributed by atoms with E-state index in [1.54, 1.807) is 19.2 Å². The Hall–Kier alpha value is -1.50. The Balaban J connectivity index is 2.19. The molecule has 2 N–H and O–H groups in total. The van der Waals surface area contributed by atoms with E-state index in [2.05, 4.69) is 10.3 Å². The zero-order valence-electron chi connectivity index (χ0n) is 10.4. The van der Waals surface area contributed by atoms with E-state index in [1.165, 1.54) is 6.07 Å². The smallest absolute Gasteiger partial charge is 0.354 e. The fourth-order valence-corrected chi connectivity index (χ4v) is 1.30. The number of carboxylic acids is 1. The van der Waals surface area contributed by atoms with Gasteiger partial charge in [0, 0.05) is 20.2 Å². The van der Waals surface area contributed by atoms with E-state index in [1.807, 2.05) is 0 Å². The summed E-state index contributed by atoms with van der Waals surface area (Å²) in [5.41, 5.74) is 0.762. The molecule has 0 atom stereocenters. The maximum Gasteiger partial charge on any atom is 0.354 e. The number of rotatable bonds is 9. The Bertz CT molecular complexity index is 371. The third kappa shape index (κ3) is 5.72. The average Bonchev–Trinajstić information content (AvgIpc) is 2.38. The van der Waals surface area contributed by atoms with E-state index >= 15 is 0 Å². The highest BCUT2D eigenvalue weighted by Crippen LogP contribution is 1.99. The average molecular weight is 254 g/mol. The molecule has 0 aliphatic heterocycles. The second-order valence-electron chi connectivity index (χ2n) is 3.60. The highest BCUT2D eigenvalue weighted by molar-refractivity contribution is 5.85. The summed E-state index contributed by atoms with van der Waals surface area (Å²) in [4.78, 5) is 14.7. The lowest BCUT2D eigenvalue weighted by molar-refractivity contribution is 0.0689. The minimum absolute atomic E-state index is 0.0608. The first-order valence-corrected chi connectivity index (χ1v) is 5.70. The van der Waals surface area contributed by atoms with E-state index in [0.29, 0.717) is 38.6 Å². The molecule has 6 heteroatoms. The first kappa shape index (κ1) is 14.6. The van der Waals surface area contributed by atoms with Gasteiger partial charge in [0.1, 0.15) is 5.69 Å². The summed E-state index contributed by atoms with van der Waals surface area (Å²) in [6, 6.07) is 4.94. The van der Waals surface area contributed by atoms with Crippen LogP contribution in [0.25, 0.3) is 0 Å². The van der Waals surface area contributed by atoms with Gasteiger partial charge in [0.05, 0.1) is 25.5 Å². The van der Waals surface area contributed by atoms with Gasteiger partial charge in [-0.15, -0.1) is 0 Å². The molecule has 0 unspecified atom stereocenters. The minimum atomic E-state index is -1.01. The van der Waals surface area contributed by atoms with Crippen LogP contribution in [0.3, 0.4) is 0 Å². The van der Waals surface area contributed by atoms with Gasteiger partial charge in [0.25, 0.3) is 0 Å². The lowest BCUT2D eigenvalue weighted by atomic mass is 10.3. The topological polar surface area (TPSA) is 80.7 Å². The molecule has 18 heavy (non-hydrogen) atoms. The van der Waals surface area contributed by atoms with Crippen LogP contribution in [0.5, 0.6) is 0 Å². The van der Waals surface area contributed by atoms with Crippen LogP contribution >= 0.6 is 0 Å². The van der Waals surface area contributed by atoms with Crippen molar-refractivity contribution < 1.29 is 19.4 Å². The Morgan fingerprint density at radius 3 is 2.94 bits per heavy atom. The van der Waals surface area contributed by atoms with Gasteiger partial charge in [-0.1, -0.05) is 6.07 Å². The van der Waals surface area contributed by atoms with E-state index in [0.717, 1.165) is 0 Å². The normalized spacial score (nSPS) is 10.5. The van der Waals surface area contributed by atoms with Gasteiger partial charge in [-0.3, -0.25) is 0 Å². The number of hydrogen-bond donors (Lipinski definition) is 2. The van der Waals surface area contributed by atoms with E-state index in [-0.39, 0.29) is 5.69 Å². The maximum atomic E-state index is 10.7. The standard InChI is InChI=1S/C12H18N2O4/c1-17-7-8-18-6-5-13-9-10-3-2-4-11(14-10)12(15)16/h2-4,13H,5-9H2,1H3,(H,15,16). The number of carbonyl (C=O) groups is 1. The molecular weight excluding hydrogens is 236 g/mol. The van der Waals surface area contributed by atoms with Crippen molar-refractivity contribution in [1.82, 2.24) is 10.3 Å². The summed E-state index contributed by atoms with van der Waals surface area (Å²) < 4.78 is 10.1. The summed E-state index contributed by atoms with van der Waals surface area (Å²) in [5.74, 6) is -1.01. The lowest BCUT2D eigenvalue weighted by Crippen LogP contribution is -2.21. The summed E-state index contributed by atoms with van der Waals surface area (Å²) >= 11 is 0. The molecule has 0 aromatic carbocycles. The van der Waals surface area contributed by atoms with Gasteiger partial charge in [0.2, 0.25) is 0 Å². The van der Waals surface area contributed by atoms with Gasteiger partial charge < -0.3 is 19.9 Å². The van der Waals surface area contributed by atoms with Crippen LogP contribution in [0.4, 0.5) is 0 Å². The van der Waals surface area contributed by atoms with Crippen LogP contribution < -0.4 is 5.32 Å². The van der Waals surface area contributed by atoms with Crippen LogP contribution in [0.15, 0.2) is 18.2 Å². The van der Waals surface area contributed by atoms with Crippen molar-refractivity contribution in [2.75, 3.05) is 33.5 Å². The van der Waals surface area contributed by atoms with Gasteiger partial charge >= 0.3 is 5.97 Å². The van der Waals surface area contributed by atoms with Crippen LogP contribution in [0.1, 0.15) is 16.2 Å². The second-order valence-corrected chi connectivity index (χ2v) is 3.60. The van der Waals surface area contributed by atoms with Crippen molar-refractivity contribution in [3.05, 3.63) is 29.6 Å². The lowest BCUT2D eigenvalue weighted by Gasteiger charge is -2.06. The second kappa shape index (κ2) is 8.57. The van der Waals surface area contributed by atoms with Crippen LogP contribution in [0.2, 0.25) is 0 Å². The molecule has 0 fully saturated rings. The molecule has 1 aromatic rings. The van der Waals surface area contributed by atoms with E-state index in [9.17, 15) is 4.79 Å². The number of nitrogens with zero attached hydrogens (tertiary/aromatic N) is 1. The van der Waals surface area contributed by atoms with Crippen molar-refractivity contribution in [3.63, 3.8) is 0 Å². The Morgan fingerprint density at radius 1 is 1.39 bits per heavy atom. The molecule has 0 radical (unpaired) electrons. The Labute approximate surface area is 106 Å². The molecule has 0 aliphatic carbocycles. The number of methoxy groups -OCH3 is 1. The molecule has 100 valence electrons. The molecule has 0 spiro atoms. The number of hydrogen-bond acceptors (Lipinski definition) is 5. The zero-order valence-corrected chi connectivity index (χ0v) is 10.4. The van der Waals surface area contributed by atoms with Crippen molar-refractivity contribution in [3.8, 4) is 0 Å². The van der Waals surface area contributed by atoms with E-state index in [4.69, 9.17) is 14.6 Å². The highest BCUT2D eigenvalue weighted by Gasteiger charge is 2.04. The van der Waals surface area contributed by atoms with Crippen molar-refractivity contribution in [1.29, 1.82) is 0 Å². The van der Waals surface area contributed by atoms with Gasteiger partial charge in [-0.2, -0.15) is 0 Å². The molecule has 0 bridgehead atoms. The van der Waals surface area contributed by atoms with Crippen LogP contribution in [0, 0.1) is 0 Å². The SMILES string of the molecule is COCCOCCNCc1cccc(C(=O)O)n1. The van der Waals surface area contributed by atoms with Gasteiger partial charge in [0.15, 0.2) is 0 Å². The number of pyridine rings is 1. The number of aromatic carboxylic acids is 1. The molecule has 1 heterocycles. The Morgan fingerprint density at radius 2 is 2.22 bits per heavy atom. The molecule has 1 aromatic heterocycles. The predicted molar refractivity (Wildman–Crippen MR) is 65.6 cm³/mol. The largest absolute Gasteiger partial charge is 0.477 e. The number of aromatic nitrogens is 1. The van der Waals surface area contributed by atoms with Gasteiger partial charge in [-0.25, -0.2) is 9.78 Å². The summed E-state index contributed by atoms with van der Waals surface area (Å²) in [7, 11) is 1.63. The van der Waals surface area contributed by atoms with Crippen molar-refractivity contribution in [2.24, 2.45) is 0 Å². The van der Waals surface area contributed by atoms with E-state index < -0.39 is 5.97 Å². The molecule has 0 saturated heterocycles. The molecular formula is C12H18N2O4. The molecule has 6 nitrogen and oxygen atoms in total. The van der Waals surface area contributed by atoms with Crippen LogP contribution in [-0.4, -0.2) is 49.5 Å². The minimum Gasteiger partial charge on any atom is -0.477 e. The summed E-state index contributed by atoms with van der Waals surface area (Å²) in [6.07, 6.45) is 0. The van der Waals surface area contributed by atoms with Crippen LogP contribution in [-0.2, 0) is 16.0 Å². The zero-order chi connectivity index (χ0) is 13.2. The molecule has 0 aliphatic rings. The third-order valence-electron chi connectivity index (χ3n) is 2.19. The quantitative estimate of drug-likeness (QED) is 0.626. The maximum absolute atomic E-state index is 10.7. The summed E-state index contributed by atoms with van der Waals surface area (Å²) in [5, 5.41) is 11.9. The number of nitrogens with one attached hydrogen (secondary N) is 1. The number of carboxylic acid groups (broad SMARTS) is 1. The fraction of sp³-hybridized carbons (Fsp3) is 0.500. The van der Waals surface area contributed by atoms with Gasteiger partial charge in [-0.05, 0) is 12.1 Å². The van der Waals surface area contributed by atoms with Crippen molar-refractivity contribution >= 4 is 5.97 Å². The molecule has 0 saturated carbocycles. The first-order chi connectivity index (χ1) is 8.74. The Kier molecular flexibility index (Phi) is 6.93. The molecule has 1 rings (SSSR count). The monoisotopic (exact) mass is 254 g/mol. The third-order valence-corrected chi connectivity index (χ3v) is 2.19. The first-order valence-electron chi connectivity index (χ1n) is 5.70. The molecule has 0 amide bonds. The van der Waals surface area contributed by atoms with Crippen molar-refractivity contribution in [2.45, 2.75) is 6.54 Å². The fourth-order valence-electron chi connectivity index (χ4n) is 1.30. The number of ether oxygens (including phenoxy) is 2. The summed E-state index contributed by atoms with van der Waals surface area (Å²) in [6.45, 7) is 2.95. The highest BCUT2D eigenvalue weighted by atomic mass is 16.5. The predicted octanol–water partition coefficient (Wildman–Crippen LogP) is 0.532.